The van der Waals surface area contributed by atoms with Crippen LogP contribution in [-0.4, -0.2) is 16.2 Å². The Morgan fingerprint density at radius 2 is 2.15 bits per heavy atom. The van der Waals surface area contributed by atoms with E-state index < -0.39 is 5.82 Å². The minimum absolute atomic E-state index is 0.0509. The van der Waals surface area contributed by atoms with Gasteiger partial charge in [0, 0.05) is 12.5 Å². The van der Waals surface area contributed by atoms with E-state index in [0.29, 0.717) is 5.56 Å². The Balaban J connectivity index is 2.83. The lowest BCUT2D eigenvalue weighted by Gasteiger charge is -2.00. The van der Waals surface area contributed by atoms with E-state index in [1.54, 1.807) is 0 Å². The van der Waals surface area contributed by atoms with Gasteiger partial charge in [0.15, 0.2) is 0 Å². The maximum atomic E-state index is 12.7. The van der Waals surface area contributed by atoms with E-state index in [9.17, 15) is 9.18 Å². The van der Waals surface area contributed by atoms with Crippen molar-refractivity contribution in [3.8, 4) is 5.75 Å². The third kappa shape index (κ3) is 3.14. The molecule has 4 heteroatoms. The molecule has 0 bridgehead atoms. The normalized spacial score (nSPS) is 10.0. The van der Waals surface area contributed by atoms with Gasteiger partial charge in [-0.15, -0.1) is 0 Å². The second-order valence-corrected chi connectivity index (χ2v) is 3.23. The third-order valence-corrected chi connectivity index (χ3v) is 2.12. The van der Waals surface area contributed by atoms with Crippen LogP contribution < -0.4 is 0 Å². The van der Waals surface area contributed by atoms with E-state index in [1.807, 2.05) is 0 Å². The summed E-state index contributed by atoms with van der Waals surface area (Å²) >= 11 is 3.00. The largest absolute Gasteiger partial charge is 0.508 e. The van der Waals surface area contributed by atoms with Crippen LogP contribution in [0.15, 0.2) is 18.2 Å². The maximum absolute atomic E-state index is 12.7. The van der Waals surface area contributed by atoms with Crippen molar-refractivity contribution >= 4 is 21.7 Å². The Bertz CT molecular complexity index is 305. The molecule has 0 saturated carbocycles. The summed E-state index contributed by atoms with van der Waals surface area (Å²) in [6.45, 7) is 0. The molecular weight excluding hydrogens is 239 g/mol. The maximum Gasteiger partial charge on any atom is 0.147 e. The van der Waals surface area contributed by atoms with Crippen LogP contribution in [0.5, 0.6) is 5.75 Å². The molecule has 1 aromatic rings. The van der Waals surface area contributed by atoms with Gasteiger partial charge in [0.25, 0.3) is 0 Å². The number of ketones is 1. The van der Waals surface area contributed by atoms with Crippen LogP contribution in [0, 0.1) is 5.82 Å². The quantitative estimate of drug-likeness (QED) is 0.830. The molecule has 0 saturated heterocycles. The lowest BCUT2D eigenvalue weighted by Crippen LogP contribution is -2.03. The van der Waals surface area contributed by atoms with Crippen LogP contribution in [-0.2, 0) is 11.2 Å². The topological polar surface area (TPSA) is 37.3 Å². The molecular formula is C9H8BrFO2. The first kappa shape index (κ1) is 10.2. The van der Waals surface area contributed by atoms with Crippen molar-refractivity contribution in [2.75, 3.05) is 5.33 Å². The minimum Gasteiger partial charge on any atom is -0.508 e. The van der Waals surface area contributed by atoms with Crippen LogP contribution in [0.25, 0.3) is 0 Å². The number of benzene rings is 1. The Morgan fingerprint density at radius 3 is 2.69 bits per heavy atom. The number of hydrogen-bond acceptors (Lipinski definition) is 2. The van der Waals surface area contributed by atoms with Gasteiger partial charge in [-0.3, -0.25) is 4.79 Å². The van der Waals surface area contributed by atoms with Gasteiger partial charge in [0.1, 0.15) is 17.3 Å². The summed E-state index contributed by atoms with van der Waals surface area (Å²) in [6.07, 6.45) is 0.135. The number of rotatable bonds is 3. The van der Waals surface area contributed by atoms with Crippen molar-refractivity contribution in [2.45, 2.75) is 6.42 Å². The zero-order chi connectivity index (χ0) is 9.84. The van der Waals surface area contributed by atoms with E-state index in [4.69, 9.17) is 5.11 Å². The molecule has 0 fully saturated rings. The van der Waals surface area contributed by atoms with Gasteiger partial charge < -0.3 is 5.11 Å². The molecule has 0 aliphatic carbocycles. The third-order valence-electron chi connectivity index (χ3n) is 1.49. The molecule has 0 aromatic heterocycles. The highest BCUT2D eigenvalue weighted by Gasteiger charge is 2.04. The number of halogens is 2. The summed E-state index contributed by atoms with van der Waals surface area (Å²) in [5.41, 5.74) is 0.488. The zero-order valence-corrected chi connectivity index (χ0v) is 8.34. The predicted molar refractivity (Wildman–Crippen MR) is 50.6 cm³/mol. The van der Waals surface area contributed by atoms with Gasteiger partial charge in [-0.1, -0.05) is 15.9 Å². The molecule has 0 aliphatic heterocycles. The first-order chi connectivity index (χ1) is 6.11. The molecule has 0 unspecified atom stereocenters. The highest BCUT2D eigenvalue weighted by Crippen LogP contribution is 2.15. The van der Waals surface area contributed by atoms with Gasteiger partial charge >= 0.3 is 0 Å². The second-order valence-electron chi connectivity index (χ2n) is 2.67. The van der Waals surface area contributed by atoms with Crippen LogP contribution >= 0.6 is 15.9 Å². The number of Topliss-reactive ketones (excluding diaryl/α,β-unsaturated/α-hetero) is 1. The number of carbonyl (C=O) groups is 1. The number of carbonyl (C=O) groups excluding carboxylic acids is 1. The smallest absolute Gasteiger partial charge is 0.147 e. The monoisotopic (exact) mass is 246 g/mol. The number of phenols is 1. The highest BCUT2D eigenvalue weighted by atomic mass is 79.9. The van der Waals surface area contributed by atoms with E-state index in [-0.39, 0.29) is 23.3 Å². The Labute approximate surface area is 83.5 Å². The summed E-state index contributed by atoms with van der Waals surface area (Å²) in [7, 11) is 0. The molecule has 13 heavy (non-hydrogen) atoms. The second kappa shape index (κ2) is 4.37. The molecule has 0 atom stereocenters. The van der Waals surface area contributed by atoms with Crippen molar-refractivity contribution in [2.24, 2.45) is 0 Å². The summed E-state index contributed by atoms with van der Waals surface area (Å²) < 4.78 is 12.7. The van der Waals surface area contributed by atoms with Gasteiger partial charge in [-0.25, -0.2) is 4.39 Å². The number of aromatic hydroxyl groups is 1. The van der Waals surface area contributed by atoms with Crippen LogP contribution in [0.2, 0.25) is 0 Å². The summed E-state index contributed by atoms with van der Waals surface area (Å²) in [5.74, 6) is -0.736. The molecule has 1 aromatic carbocycles. The molecule has 0 aliphatic rings. The minimum atomic E-state index is -0.530. The van der Waals surface area contributed by atoms with Crippen molar-refractivity contribution in [1.29, 1.82) is 0 Å². The van der Waals surface area contributed by atoms with Crippen LogP contribution in [0.1, 0.15) is 5.56 Å². The molecule has 0 radical (unpaired) electrons. The lowest BCUT2D eigenvalue weighted by molar-refractivity contribution is -0.115. The fourth-order valence-corrected chi connectivity index (χ4v) is 1.21. The zero-order valence-electron chi connectivity index (χ0n) is 6.76. The molecule has 0 spiro atoms. The Kier molecular flexibility index (Phi) is 3.42. The lowest BCUT2D eigenvalue weighted by atomic mass is 10.1. The van der Waals surface area contributed by atoms with E-state index >= 15 is 0 Å². The van der Waals surface area contributed by atoms with Crippen LogP contribution in [0.3, 0.4) is 0 Å². The van der Waals surface area contributed by atoms with Crippen molar-refractivity contribution in [3.05, 3.63) is 29.6 Å². The number of alkyl halides is 1. The molecule has 0 amide bonds. The SMILES string of the molecule is O=C(CBr)Cc1cc(O)cc(F)c1. The summed E-state index contributed by atoms with van der Waals surface area (Å²) in [6, 6.07) is 3.62. The Morgan fingerprint density at radius 1 is 1.46 bits per heavy atom. The summed E-state index contributed by atoms with van der Waals surface area (Å²) in [5, 5.41) is 9.26. The first-order valence-corrected chi connectivity index (χ1v) is 4.80. The van der Waals surface area contributed by atoms with Crippen molar-refractivity contribution in [3.63, 3.8) is 0 Å². The molecule has 2 nitrogen and oxygen atoms in total. The average molecular weight is 247 g/mol. The number of hydrogen-bond donors (Lipinski definition) is 1. The van der Waals surface area contributed by atoms with Crippen molar-refractivity contribution in [1.82, 2.24) is 0 Å². The molecule has 70 valence electrons. The number of phenolic OH excluding ortho intramolecular Hbond substituents is 1. The summed E-state index contributed by atoms with van der Waals surface area (Å²) in [4.78, 5) is 11.0. The molecule has 1 rings (SSSR count). The first-order valence-electron chi connectivity index (χ1n) is 3.68. The van der Waals surface area contributed by atoms with Gasteiger partial charge in [-0.05, 0) is 17.7 Å². The van der Waals surface area contributed by atoms with Crippen LogP contribution in [0.4, 0.5) is 4.39 Å². The fourth-order valence-electron chi connectivity index (χ4n) is 1.01. The Hall–Kier alpha value is -0.900. The molecule has 1 N–H and O–H groups in total. The van der Waals surface area contributed by atoms with Gasteiger partial charge in [-0.2, -0.15) is 0 Å². The average Bonchev–Trinajstić information content (AvgIpc) is 2.02. The van der Waals surface area contributed by atoms with Crippen molar-refractivity contribution < 1.29 is 14.3 Å². The standard InChI is InChI=1S/C9H8BrFO2/c10-5-9(13)3-6-1-7(11)4-8(12)2-6/h1-2,4,12H,3,5H2. The predicted octanol–water partition coefficient (Wildman–Crippen LogP) is 2.04. The fraction of sp³-hybridized carbons (Fsp3) is 0.222. The van der Waals surface area contributed by atoms with Gasteiger partial charge in [0.2, 0.25) is 0 Å². The molecule has 0 heterocycles. The van der Waals surface area contributed by atoms with E-state index in [2.05, 4.69) is 15.9 Å². The van der Waals surface area contributed by atoms with Gasteiger partial charge in [0.05, 0.1) is 5.33 Å². The van der Waals surface area contributed by atoms with E-state index in [1.165, 1.54) is 12.1 Å². The highest BCUT2D eigenvalue weighted by molar-refractivity contribution is 9.09. The van der Waals surface area contributed by atoms with E-state index in [0.717, 1.165) is 6.07 Å².